The number of pyridine rings is 1. The highest BCUT2D eigenvalue weighted by atomic mass is 32.2. The van der Waals surface area contributed by atoms with Gasteiger partial charge in [0.05, 0.1) is 18.8 Å². The molecule has 2 aromatic rings. The number of aromatic nitrogens is 1. The lowest BCUT2D eigenvalue weighted by Gasteiger charge is -2.34. The first-order valence-corrected chi connectivity index (χ1v) is 14.3. The second kappa shape index (κ2) is 12.5. The summed E-state index contributed by atoms with van der Waals surface area (Å²) < 4.78 is 39.2. The van der Waals surface area contributed by atoms with Gasteiger partial charge < -0.3 is 9.64 Å². The molecule has 2 heterocycles. The zero-order valence-corrected chi connectivity index (χ0v) is 22.0. The smallest absolute Gasteiger partial charge is 0.168 e. The molecule has 1 aromatic heterocycles. The average molecular weight is 504 g/mol. The molecule has 1 aliphatic carbocycles. The second-order valence-electron chi connectivity index (χ2n) is 10.1. The van der Waals surface area contributed by atoms with Crippen molar-refractivity contribution in [1.82, 2.24) is 9.71 Å². The number of anilines is 1. The van der Waals surface area contributed by atoms with Crippen molar-refractivity contribution in [2.45, 2.75) is 95.4 Å². The van der Waals surface area contributed by atoms with Crippen molar-refractivity contribution in [2.75, 3.05) is 17.8 Å². The van der Waals surface area contributed by atoms with Gasteiger partial charge in [-0.1, -0.05) is 37.4 Å². The monoisotopic (exact) mass is 503 g/mol. The molecule has 4 rings (SSSR count). The third-order valence-corrected chi connectivity index (χ3v) is 8.19. The van der Waals surface area contributed by atoms with Crippen molar-refractivity contribution < 1.29 is 13.5 Å². The van der Waals surface area contributed by atoms with Gasteiger partial charge in [0, 0.05) is 18.3 Å². The zero-order chi connectivity index (χ0) is 24.8. The van der Waals surface area contributed by atoms with E-state index in [9.17, 15) is 4.39 Å². The third-order valence-electron chi connectivity index (χ3n) is 7.65. The summed E-state index contributed by atoms with van der Waals surface area (Å²) in [6.07, 6.45) is 11.5. The molecule has 3 unspecified atom stereocenters. The van der Waals surface area contributed by atoms with Crippen LogP contribution >= 0.6 is 11.9 Å². The summed E-state index contributed by atoms with van der Waals surface area (Å²) in [5.74, 6) is 0.505. The van der Waals surface area contributed by atoms with Gasteiger partial charge >= 0.3 is 0 Å². The van der Waals surface area contributed by atoms with Gasteiger partial charge in [-0.05, 0) is 93.4 Å². The Balaban J connectivity index is 1.43. The molecule has 1 aromatic carbocycles. The minimum atomic E-state index is -0.182. The maximum Gasteiger partial charge on any atom is 0.168 e. The van der Waals surface area contributed by atoms with E-state index in [4.69, 9.17) is 4.74 Å². The first-order chi connectivity index (χ1) is 17.0. The predicted molar refractivity (Wildman–Crippen MR) is 141 cm³/mol. The number of hydrogen-bond donors (Lipinski definition) is 1. The first-order valence-electron chi connectivity index (χ1n) is 13.1. The predicted octanol–water partition coefficient (Wildman–Crippen LogP) is 6.65. The molecule has 35 heavy (non-hydrogen) atoms. The Kier molecular flexibility index (Phi) is 9.42. The Morgan fingerprint density at radius 1 is 1.17 bits per heavy atom. The van der Waals surface area contributed by atoms with E-state index < -0.39 is 0 Å². The molecule has 1 saturated carbocycles. The molecule has 2 aliphatic rings. The van der Waals surface area contributed by atoms with Gasteiger partial charge in [-0.2, -0.15) is 0 Å². The van der Waals surface area contributed by atoms with E-state index in [1.165, 1.54) is 6.07 Å². The van der Waals surface area contributed by atoms with Crippen LogP contribution < -0.4 is 9.62 Å². The number of ether oxygens (including phenoxy) is 1. The minimum absolute atomic E-state index is 0.0156. The lowest BCUT2D eigenvalue weighted by molar-refractivity contribution is 0.0154. The molecule has 7 heteroatoms. The van der Waals surface area contributed by atoms with E-state index in [-0.39, 0.29) is 35.9 Å². The van der Waals surface area contributed by atoms with Crippen LogP contribution in [0, 0.1) is 11.6 Å². The molecule has 4 nitrogen and oxygen atoms in total. The molecule has 0 radical (unpaired) electrons. The van der Waals surface area contributed by atoms with E-state index in [1.54, 1.807) is 30.3 Å². The molecule has 0 spiro atoms. The fourth-order valence-electron chi connectivity index (χ4n) is 5.77. The Hall–Kier alpha value is -1.70. The van der Waals surface area contributed by atoms with Crippen LogP contribution in [0.25, 0.3) is 0 Å². The number of nitrogens with one attached hydrogen (secondary N) is 1. The van der Waals surface area contributed by atoms with Crippen molar-refractivity contribution in [3.63, 3.8) is 0 Å². The highest BCUT2D eigenvalue weighted by Crippen LogP contribution is 2.36. The summed E-state index contributed by atoms with van der Waals surface area (Å²) in [6.45, 7) is 4.82. The van der Waals surface area contributed by atoms with Crippen molar-refractivity contribution in [3.05, 3.63) is 59.3 Å². The Morgan fingerprint density at radius 2 is 1.97 bits per heavy atom. The van der Waals surface area contributed by atoms with Crippen LogP contribution in [0.5, 0.6) is 0 Å². The van der Waals surface area contributed by atoms with Gasteiger partial charge in [-0.15, -0.1) is 0 Å². The van der Waals surface area contributed by atoms with E-state index in [0.717, 1.165) is 62.5 Å². The van der Waals surface area contributed by atoms with Crippen LogP contribution in [-0.2, 0) is 11.2 Å². The number of unbranched alkanes of at least 4 members (excludes halogenated alkanes) is 1. The average Bonchev–Trinajstić information content (AvgIpc) is 3.17. The summed E-state index contributed by atoms with van der Waals surface area (Å²) in [4.78, 5) is 6.65. The highest BCUT2D eigenvalue weighted by molar-refractivity contribution is 7.96. The van der Waals surface area contributed by atoms with Gasteiger partial charge in [0.15, 0.2) is 11.6 Å². The number of benzene rings is 1. The normalized spacial score (nSPS) is 26.9. The fourth-order valence-corrected chi connectivity index (χ4v) is 6.32. The highest BCUT2D eigenvalue weighted by Gasteiger charge is 2.41. The van der Waals surface area contributed by atoms with Gasteiger partial charge in [0.1, 0.15) is 5.82 Å². The van der Waals surface area contributed by atoms with Crippen LogP contribution in [0.3, 0.4) is 0 Å². The van der Waals surface area contributed by atoms with Crippen molar-refractivity contribution >= 4 is 17.8 Å². The molecular weight excluding hydrogens is 464 g/mol. The number of aryl methyl sites for hydroxylation is 1. The summed E-state index contributed by atoms with van der Waals surface area (Å²) >= 11 is 1.60. The summed E-state index contributed by atoms with van der Waals surface area (Å²) in [6, 6.07) is 9.19. The fraction of sp³-hybridized carbons (Fsp3) is 0.607. The molecule has 1 saturated heterocycles. The molecule has 3 atom stereocenters. The van der Waals surface area contributed by atoms with Gasteiger partial charge in [-0.25, -0.2) is 13.8 Å². The largest absolute Gasteiger partial charge is 0.376 e. The van der Waals surface area contributed by atoms with E-state index >= 15 is 4.39 Å². The molecule has 1 aliphatic heterocycles. The Bertz CT molecular complexity index is 954. The minimum Gasteiger partial charge on any atom is -0.376 e. The second-order valence-corrected chi connectivity index (χ2v) is 10.7. The third kappa shape index (κ3) is 6.36. The number of rotatable bonds is 10. The quantitative estimate of drug-likeness (QED) is 0.368. The van der Waals surface area contributed by atoms with Crippen LogP contribution in [0.4, 0.5) is 14.6 Å². The number of hydrogen-bond acceptors (Lipinski definition) is 5. The lowest BCUT2D eigenvalue weighted by Crippen LogP contribution is -2.46. The Morgan fingerprint density at radius 3 is 2.69 bits per heavy atom. The van der Waals surface area contributed by atoms with Gasteiger partial charge in [-0.3, -0.25) is 4.72 Å². The van der Waals surface area contributed by atoms with Crippen molar-refractivity contribution in [3.8, 4) is 0 Å². The molecule has 0 amide bonds. The van der Waals surface area contributed by atoms with E-state index in [2.05, 4.69) is 28.5 Å². The maximum atomic E-state index is 15.5. The topological polar surface area (TPSA) is 37.4 Å². The lowest BCUT2D eigenvalue weighted by atomic mass is 9.82. The van der Waals surface area contributed by atoms with Crippen LogP contribution in [0.1, 0.15) is 75.8 Å². The van der Waals surface area contributed by atoms with Crippen LogP contribution in [-0.4, -0.2) is 42.1 Å². The number of nitrogens with zero attached hydrogens (tertiary/aromatic N) is 2. The standard InChI is InChI=1S/C28H39F2N3OS/c1-4-5-7-21-14-15-31-28(27(21)30)33-19(2)16-25(32-35-3)26(33)18-34-24-12-10-20(11-13-24)22-8-6-9-23(29)17-22/h6,8-9,14-15,17,19-20,24-26,32H,4-5,7,10-13,16,18H2,1-3H3. The van der Waals surface area contributed by atoms with E-state index in [1.807, 2.05) is 18.4 Å². The molecule has 192 valence electrons. The molecule has 0 bridgehead atoms. The zero-order valence-electron chi connectivity index (χ0n) is 21.2. The number of halogens is 2. The molecule has 2 fully saturated rings. The maximum absolute atomic E-state index is 15.5. The summed E-state index contributed by atoms with van der Waals surface area (Å²) in [5.41, 5.74) is 1.84. The van der Waals surface area contributed by atoms with Crippen LogP contribution in [0.2, 0.25) is 0 Å². The van der Waals surface area contributed by atoms with Gasteiger partial charge in [0.25, 0.3) is 0 Å². The van der Waals surface area contributed by atoms with Crippen LogP contribution in [0.15, 0.2) is 36.5 Å². The summed E-state index contributed by atoms with van der Waals surface area (Å²) in [5, 5.41) is 0. The van der Waals surface area contributed by atoms with E-state index in [0.29, 0.717) is 18.3 Å². The molecular formula is C28H39F2N3OS. The molecule has 1 N–H and O–H groups in total. The first kappa shape index (κ1) is 26.4. The summed E-state index contributed by atoms with van der Waals surface area (Å²) in [7, 11) is 0. The van der Waals surface area contributed by atoms with Crippen molar-refractivity contribution in [2.24, 2.45) is 0 Å². The SMILES string of the molecule is CCCCc1ccnc(N2C(C)CC(NSC)C2COC2CCC(c3cccc(F)c3)CC2)c1F. The van der Waals surface area contributed by atoms with Crippen molar-refractivity contribution in [1.29, 1.82) is 0 Å². The van der Waals surface area contributed by atoms with Gasteiger partial charge in [0.2, 0.25) is 0 Å². The Labute approximate surface area is 213 Å².